The van der Waals surface area contributed by atoms with Gasteiger partial charge in [-0.05, 0) is 25.0 Å². The fourth-order valence-corrected chi connectivity index (χ4v) is 3.98. The summed E-state index contributed by atoms with van der Waals surface area (Å²) in [4.78, 5) is 0. The van der Waals surface area contributed by atoms with E-state index in [2.05, 4.69) is 25.2 Å². The van der Waals surface area contributed by atoms with Crippen molar-refractivity contribution in [1.82, 2.24) is 0 Å². The molecule has 4 rings (SSSR count). The lowest BCUT2D eigenvalue weighted by Gasteiger charge is -2.60. The number of hydrogen-bond acceptors (Lipinski definition) is 4. The molecule has 1 aliphatic carbocycles. The Hall–Kier alpha value is -1.42. The van der Waals surface area contributed by atoms with Crippen LogP contribution in [0.15, 0.2) is 18.2 Å². The Bertz CT molecular complexity index is 528. The summed E-state index contributed by atoms with van der Waals surface area (Å²) in [5.41, 5.74) is 1.29. The van der Waals surface area contributed by atoms with Crippen molar-refractivity contribution >= 4 is 5.69 Å². The third kappa shape index (κ3) is 1.71. The predicted octanol–water partition coefficient (Wildman–Crippen LogP) is 3.03. The summed E-state index contributed by atoms with van der Waals surface area (Å²) >= 11 is 0. The number of benzene rings is 1. The highest BCUT2D eigenvalue weighted by Crippen LogP contribution is 2.52. The van der Waals surface area contributed by atoms with Crippen molar-refractivity contribution < 1.29 is 14.2 Å². The zero-order chi connectivity index (χ0) is 13.7. The first-order chi connectivity index (χ1) is 9.66. The second-order valence-corrected chi connectivity index (χ2v) is 6.61. The molecule has 1 saturated carbocycles. The van der Waals surface area contributed by atoms with Crippen molar-refractivity contribution in [3.8, 4) is 11.5 Å². The van der Waals surface area contributed by atoms with Gasteiger partial charge in [0.1, 0.15) is 0 Å². The van der Waals surface area contributed by atoms with Gasteiger partial charge in [0.05, 0.1) is 6.10 Å². The van der Waals surface area contributed by atoms with Gasteiger partial charge in [-0.1, -0.05) is 13.8 Å². The van der Waals surface area contributed by atoms with Crippen molar-refractivity contribution in [2.75, 3.05) is 18.7 Å². The van der Waals surface area contributed by atoms with Crippen LogP contribution >= 0.6 is 0 Å². The third-order valence-corrected chi connectivity index (χ3v) is 5.03. The van der Waals surface area contributed by atoms with Crippen LogP contribution in [0.3, 0.4) is 0 Å². The first-order valence-corrected chi connectivity index (χ1v) is 7.44. The SMILES string of the molecule is CC1(C)C(Nc2ccc3c(c2)OCO3)C2CCCOC21. The average Bonchev–Trinajstić information content (AvgIpc) is 2.92. The van der Waals surface area contributed by atoms with Gasteiger partial charge in [0.25, 0.3) is 0 Å². The monoisotopic (exact) mass is 275 g/mol. The van der Waals surface area contributed by atoms with Gasteiger partial charge in [-0.25, -0.2) is 0 Å². The van der Waals surface area contributed by atoms with Crippen LogP contribution < -0.4 is 14.8 Å². The average molecular weight is 275 g/mol. The quantitative estimate of drug-likeness (QED) is 0.900. The maximum Gasteiger partial charge on any atom is 0.231 e. The second-order valence-electron chi connectivity index (χ2n) is 6.61. The third-order valence-electron chi connectivity index (χ3n) is 5.03. The first-order valence-electron chi connectivity index (χ1n) is 7.44. The van der Waals surface area contributed by atoms with Gasteiger partial charge in [0.15, 0.2) is 11.5 Å². The molecule has 1 saturated heterocycles. The van der Waals surface area contributed by atoms with Crippen molar-refractivity contribution in [2.45, 2.75) is 38.8 Å². The Morgan fingerprint density at radius 2 is 2.05 bits per heavy atom. The van der Waals surface area contributed by atoms with E-state index in [1.165, 1.54) is 12.8 Å². The van der Waals surface area contributed by atoms with Crippen LogP contribution in [-0.2, 0) is 4.74 Å². The van der Waals surface area contributed by atoms with Crippen LogP contribution in [0.1, 0.15) is 26.7 Å². The predicted molar refractivity (Wildman–Crippen MR) is 76.2 cm³/mol. The molecule has 1 N–H and O–H groups in total. The number of rotatable bonds is 2. The lowest BCUT2D eigenvalue weighted by molar-refractivity contribution is -0.177. The molecule has 20 heavy (non-hydrogen) atoms. The molecule has 0 amide bonds. The molecule has 0 spiro atoms. The lowest BCUT2D eigenvalue weighted by atomic mass is 9.55. The highest BCUT2D eigenvalue weighted by atomic mass is 16.7. The largest absolute Gasteiger partial charge is 0.454 e. The molecule has 1 aromatic rings. The molecule has 0 aromatic heterocycles. The fraction of sp³-hybridized carbons (Fsp3) is 0.625. The number of hydrogen-bond donors (Lipinski definition) is 1. The molecule has 4 nitrogen and oxygen atoms in total. The van der Waals surface area contributed by atoms with Crippen molar-refractivity contribution in [2.24, 2.45) is 11.3 Å². The van der Waals surface area contributed by atoms with E-state index >= 15 is 0 Å². The minimum absolute atomic E-state index is 0.182. The lowest BCUT2D eigenvalue weighted by Crippen LogP contribution is -2.67. The van der Waals surface area contributed by atoms with Crippen LogP contribution in [0.4, 0.5) is 5.69 Å². The van der Waals surface area contributed by atoms with Gasteiger partial charge in [0.2, 0.25) is 6.79 Å². The zero-order valence-corrected chi connectivity index (χ0v) is 12.0. The molecule has 3 aliphatic rings. The van der Waals surface area contributed by atoms with E-state index < -0.39 is 0 Å². The Kier molecular flexibility index (Phi) is 2.64. The van der Waals surface area contributed by atoms with Crippen LogP contribution in [0.2, 0.25) is 0 Å². The molecular formula is C16H21NO3. The van der Waals surface area contributed by atoms with Crippen LogP contribution in [-0.4, -0.2) is 25.5 Å². The van der Waals surface area contributed by atoms with E-state index in [0.29, 0.717) is 24.9 Å². The highest BCUT2D eigenvalue weighted by Gasteiger charge is 2.57. The van der Waals surface area contributed by atoms with Gasteiger partial charge in [-0.15, -0.1) is 0 Å². The van der Waals surface area contributed by atoms with E-state index in [9.17, 15) is 0 Å². The normalized spacial score (nSPS) is 33.2. The number of fused-ring (bicyclic) bond motifs is 2. The Morgan fingerprint density at radius 3 is 2.95 bits per heavy atom. The summed E-state index contributed by atoms with van der Waals surface area (Å²) < 4.78 is 16.7. The van der Waals surface area contributed by atoms with E-state index in [4.69, 9.17) is 14.2 Å². The summed E-state index contributed by atoms with van der Waals surface area (Å²) in [6.45, 7) is 5.84. The van der Waals surface area contributed by atoms with E-state index in [1.54, 1.807) is 0 Å². The summed E-state index contributed by atoms with van der Waals surface area (Å²) in [7, 11) is 0. The molecule has 0 bridgehead atoms. The van der Waals surface area contributed by atoms with Crippen molar-refractivity contribution in [3.63, 3.8) is 0 Å². The topological polar surface area (TPSA) is 39.7 Å². The minimum Gasteiger partial charge on any atom is -0.454 e. The molecule has 2 aliphatic heterocycles. The summed E-state index contributed by atoms with van der Waals surface area (Å²) in [5.74, 6) is 2.30. The van der Waals surface area contributed by atoms with Crippen LogP contribution in [0.5, 0.6) is 11.5 Å². The summed E-state index contributed by atoms with van der Waals surface area (Å²) in [6, 6.07) is 6.55. The Labute approximate surface area is 119 Å². The van der Waals surface area contributed by atoms with Crippen molar-refractivity contribution in [3.05, 3.63) is 18.2 Å². The van der Waals surface area contributed by atoms with Gasteiger partial charge < -0.3 is 19.5 Å². The van der Waals surface area contributed by atoms with E-state index in [-0.39, 0.29) is 5.41 Å². The first kappa shape index (κ1) is 12.3. The van der Waals surface area contributed by atoms with Crippen molar-refractivity contribution in [1.29, 1.82) is 0 Å². The summed E-state index contributed by atoms with van der Waals surface area (Å²) in [6.07, 6.45) is 2.84. The molecule has 2 fully saturated rings. The molecule has 1 aromatic carbocycles. The molecule has 0 radical (unpaired) electrons. The minimum atomic E-state index is 0.182. The molecule has 3 atom stereocenters. The number of nitrogens with one attached hydrogen (secondary N) is 1. The fourth-order valence-electron chi connectivity index (χ4n) is 3.98. The Balaban J connectivity index is 1.54. The molecule has 4 heteroatoms. The second kappa shape index (κ2) is 4.29. The number of anilines is 1. The smallest absolute Gasteiger partial charge is 0.231 e. The summed E-state index contributed by atoms with van der Waals surface area (Å²) in [5, 5.41) is 3.68. The Morgan fingerprint density at radius 1 is 1.20 bits per heavy atom. The number of ether oxygens (including phenoxy) is 3. The van der Waals surface area contributed by atoms with Gasteiger partial charge in [-0.3, -0.25) is 0 Å². The molecule has 108 valence electrons. The molecule has 3 unspecified atom stereocenters. The zero-order valence-electron chi connectivity index (χ0n) is 12.0. The van der Waals surface area contributed by atoms with Crippen LogP contribution in [0.25, 0.3) is 0 Å². The van der Waals surface area contributed by atoms with E-state index in [1.807, 2.05) is 12.1 Å². The van der Waals surface area contributed by atoms with Gasteiger partial charge in [-0.2, -0.15) is 0 Å². The van der Waals surface area contributed by atoms with Gasteiger partial charge >= 0.3 is 0 Å². The van der Waals surface area contributed by atoms with E-state index in [0.717, 1.165) is 23.8 Å². The molecule has 2 heterocycles. The standard InChI is InChI=1S/C16H21NO3/c1-16(2)14(11-4-3-7-18-15(11)16)17-10-5-6-12-13(8-10)20-9-19-12/h5-6,8,11,14-15,17H,3-4,7,9H2,1-2H3. The highest BCUT2D eigenvalue weighted by molar-refractivity contribution is 5.56. The maximum absolute atomic E-state index is 5.95. The van der Waals surface area contributed by atoms with Crippen LogP contribution in [0, 0.1) is 11.3 Å². The molecular weight excluding hydrogens is 254 g/mol. The maximum atomic E-state index is 5.95. The van der Waals surface area contributed by atoms with Gasteiger partial charge in [0, 0.05) is 35.7 Å².